The van der Waals surface area contributed by atoms with Gasteiger partial charge in [0.25, 0.3) is 0 Å². The van der Waals surface area contributed by atoms with Crippen LogP contribution in [0.3, 0.4) is 0 Å². The molecule has 84 valence electrons. The molecule has 2 heteroatoms. The Morgan fingerprint density at radius 3 is 2.93 bits per heavy atom. The van der Waals surface area contributed by atoms with E-state index in [9.17, 15) is 0 Å². The topological polar surface area (TPSA) is 15.3 Å². The third-order valence-corrected chi connectivity index (χ3v) is 3.97. The van der Waals surface area contributed by atoms with E-state index >= 15 is 0 Å². The van der Waals surface area contributed by atoms with Crippen molar-refractivity contribution in [3.05, 3.63) is 0 Å². The zero-order chi connectivity index (χ0) is 10.9. The summed E-state index contributed by atoms with van der Waals surface area (Å²) in [5, 5.41) is 3.69. The predicted molar refractivity (Wildman–Crippen MR) is 63.6 cm³/mol. The SMILES string of the molecule is C#CCC(C)N1CCNC(C)(C2CC2)C1. The molecule has 2 atom stereocenters. The molecule has 1 aliphatic carbocycles. The molecule has 1 heterocycles. The maximum absolute atomic E-state index is 5.38. The van der Waals surface area contributed by atoms with Gasteiger partial charge in [0.1, 0.15) is 0 Å². The highest BCUT2D eigenvalue weighted by atomic mass is 15.2. The highest BCUT2D eigenvalue weighted by Crippen LogP contribution is 2.41. The van der Waals surface area contributed by atoms with Crippen LogP contribution in [-0.2, 0) is 0 Å². The molecule has 0 spiro atoms. The van der Waals surface area contributed by atoms with Gasteiger partial charge in [-0.3, -0.25) is 4.90 Å². The Balaban J connectivity index is 1.94. The van der Waals surface area contributed by atoms with E-state index in [1.165, 1.54) is 19.4 Å². The highest BCUT2D eigenvalue weighted by Gasteiger charge is 2.44. The number of nitrogens with zero attached hydrogens (tertiary/aromatic N) is 1. The first-order valence-electron chi connectivity index (χ1n) is 6.08. The van der Waals surface area contributed by atoms with Gasteiger partial charge in [-0.15, -0.1) is 12.3 Å². The normalized spacial score (nSPS) is 34.7. The monoisotopic (exact) mass is 206 g/mol. The fraction of sp³-hybridized carbons (Fsp3) is 0.846. The first-order chi connectivity index (χ1) is 7.15. The van der Waals surface area contributed by atoms with Crippen molar-refractivity contribution in [1.82, 2.24) is 10.2 Å². The third-order valence-electron chi connectivity index (χ3n) is 3.97. The average Bonchev–Trinajstić information content (AvgIpc) is 3.01. The molecule has 2 nitrogen and oxygen atoms in total. The van der Waals surface area contributed by atoms with Gasteiger partial charge in [0.15, 0.2) is 0 Å². The minimum atomic E-state index is 0.348. The van der Waals surface area contributed by atoms with Crippen molar-refractivity contribution in [3.63, 3.8) is 0 Å². The van der Waals surface area contributed by atoms with Crippen molar-refractivity contribution in [2.45, 2.75) is 44.7 Å². The fourth-order valence-electron chi connectivity index (χ4n) is 2.71. The Kier molecular flexibility index (Phi) is 3.04. The quantitative estimate of drug-likeness (QED) is 0.704. The van der Waals surface area contributed by atoms with Crippen LogP contribution in [0.1, 0.15) is 33.1 Å². The van der Waals surface area contributed by atoms with Crippen LogP contribution in [0.2, 0.25) is 0 Å². The first kappa shape index (κ1) is 11.0. The number of rotatable bonds is 3. The van der Waals surface area contributed by atoms with Crippen molar-refractivity contribution < 1.29 is 0 Å². The maximum Gasteiger partial charge on any atom is 0.0309 e. The van der Waals surface area contributed by atoms with Gasteiger partial charge < -0.3 is 5.32 Å². The first-order valence-corrected chi connectivity index (χ1v) is 6.08. The lowest BCUT2D eigenvalue weighted by atomic mass is 9.92. The number of nitrogens with one attached hydrogen (secondary N) is 1. The molecule has 0 aromatic rings. The zero-order valence-electron chi connectivity index (χ0n) is 9.92. The van der Waals surface area contributed by atoms with Gasteiger partial charge in [-0.1, -0.05) is 0 Å². The minimum absolute atomic E-state index is 0.348. The standard InChI is InChI=1S/C13H22N2/c1-4-5-11(2)15-9-8-14-13(3,10-15)12-6-7-12/h1,11-12,14H,5-10H2,2-3H3. The maximum atomic E-state index is 5.38. The second-order valence-corrected chi connectivity index (χ2v) is 5.35. The van der Waals surface area contributed by atoms with Crippen LogP contribution in [0, 0.1) is 18.3 Å². The molecule has 1 saturated carbocycles. The third kappa shape index (κ3) is 2.35. The molecule has 2 aliphatic rings. The summed E-state index contributed by atoms with van der Waals surface area (Å²) >= 11 is 0. The van der Waals surface area contributed by atoms with Gasteiger partial charge in [0, 0.05) is 37.6 Å². The van der Waals surface area contributed by atoms with E-state index < -0.39 is 0 Å². The van der Waals surface area contributed by atoms with Crippen molar-refractivity contribution >= 4 is 0 Å². The Labute approximate surface area is 93.4 Å². The van der Waals surface area contributed by atoms with Crippen LogP contribution in [0.4, 0.5) is 0 Å². The number of piperazine rings is 1. The smallest absolute Gasteiger partial charge is 0.0309 e. The van der Waals surface area contributed by atoms with Gasteiger partial charge in [0.2, 0.25) is 0 Å². The van der Waals surface area contributed by atoms with Crippen LogP contribution in [-0.4, -0.2) is 36.1 Å². The molecule has 2 unspecified atom stereocenters. The lowest BCUT2D eigenvalue weighted by Gasteiger charge is -2.44. The second kappa shape index (κ2) is 4.15. The van der Waals surface area contributed by atoms with Crippen LogP contribution in [0.15, 0.2) is 0 Å². The molecule has 0 radical (unpaired) electrons. The van der Waals surface area contributed by atoms with E-state index in [0.717, 1.165) is 25.4 Å². The molecule has 2 rings (SSSR count). The predicted octanol–water partition coefficient (Wildman–Crippen LogP) is 1.47. The number of hydrogen-bond acceptors (Lipinski definition) is 2. The largest absolute Gasteiger partial charge is 0.309 e. The summed E-state index contributed by atoms with van der Waals surface area (Å²) in [4.78, 5) is 2.55. The van der Waals surface area contributed by atoms with Gasteiger partial charge in [-0.05, 0) is 32.6 Å². The van der Waals surface area contributed by atoms with Gasteiger partial charge in [-0.2, -0.15) is 0 Å². The molecule has 15 heavy (non-hydrogen) atoms. The molecular weight excluding hydrogens is 184 g/mol. The molecule has 1 aliphatic heterocycles. The van der Waals surface area contributed by atoms with Crippen LogP contribution < -0.4 is 5.32 Å². The van der Waals surface area contributed by atoms with E-state index in [2.05, 4.69) is 30.0 Å². The summed E-state index contributed by atoms with van der Waals surface area (Å²) in [7, 11) is 0. The van der Waals surface area contributed by atoms with Crippen molar-refractivity contribution in [1.29, 1.82) is 0 Å². The fourth-order valence-corrected chi connectivity index (χ4v) is 2.71. The van der Waals surface area contributed by atoms with E-state index in [0.29, 0.717) is 11.6 Å². The summed E-state index contributed by atoms with van der Waals surface area (Å²) in [5.41, 5.74) is 0.348. The highest BCUT2D eigenvalue weighted by molar-refractivity contribution is 5.03. The van der Waals surface area contributed by atoms with E-state index in [1.807, 2.05) is 0 Å². The van der Waals surface area contributed by atoms with Gasteiger partial charge >= 0.3 is 0 Å². The summed E-state index contributed by atoms with van der Waals surface area (Å²) in [5.74, 6) is 3.68. The van der Waals surface area contributed by atoms with Gasteiger partial charge in [0.05, 0.1) is 0 Å². The molecule has 0 aromatic carbocycles. The van der Waals surface area contributed by atoms with Crippen LogP contribution >= 0.6 is 0 Å². The lowest BCUT2D eigenvalue weighted by Crippen LogP contribution is -2.61. The zero-order valence-corrected chi connectivity index (χ0v) is 9.92. The lowest BCUT2D eigenvalue weighted by molar-refractivity contribution is 0.0963. The summed E-state index contributed by atoms with van der Waals surface area (Å²) < 4.78 is 0. The molecule has 0 amide bonds. The summed E-state index contributed by atoms with van der Waals surface area (Å²) in [6.45, 7) is 8.05. The van der Waals surface area contributed by atoms with Crippen LogP contribution in [0.5, 0.6) is 0 Å². The molecule has 0 bridgehead atoms. The Hall–Kier alpha value is -0.520. The van der Waals surface area contributed by atoms with Crippen molar-refractivity contribution in [2.75, 3.05) is 19.6 Å². The Morgan fingerprint density at radius 2 is 2.33 bits per heavy atom. The van der Waals surface area contributed by atoms with E-state index in [-0.39, 0.29) is 0 Å². The molecule has 2 fully saturated rings. The Morgan fingerprint density at radius 1 is 1.60 bits per heavy atom. The van der Waals surface area contributed by atoms with E-state index in [4.69, 9.17) is 6.42 Å². The van der Waals surface area contributed by atoms with Gasteiger partial charge in [-0.25, -0.2) is 0 Å². The minimum Gasteiger partial charge on any atom is -0.309 e. The Bertz CT molecular complexity index is 264. The molecule has 1 N–H and O–H groups in total. The van der Waals surface area contributed by atoms with Crippen molar-refractivity contribution in [3.8, 4) is 12.3 Å². The molecule has 1 saturated heterocycles. The average molecular weight is 206 g/mol. The summed E-state index contributed by atoms with van der Waals surface area (Å²) in [6, 6.07) is 0.537. The van der Waals surface area contributed by atoms with Crippen LogP contribution in [0.25, 0.3) is 0 Å². The molecular formula is C13H22N2. The summed E-state index contributed by atoms with van der Waals surface area (Å²) in [6.07, 6.45) is 9.07. The second-order valence-electron chi connectivity index (χ2n) is 5.35. The van der Waals surface area contributed by atoms with Crippen molar-refractivity contribution in [2.24, 2.45) is 5.92 Å². The number of terminal acetylenes is 1. The number of hydrogen-bond donors (Lipinski definition) is 1. The van der Waals surface area contributed by atoms with E-state index in [1.54, 1.807) is 0 Å². The molecule has 0 aromatic heterocycles.